The fourth-order valence-corrected chi connectivity index (χ4v) is 3.15. The number of carbonyl (C=O) groups excluding carboxylic acids is 1. The standard InChI is InChI=1S/C16H15N5OS/c1-17-15-12-8-18-14(21-16(22)9-2-3-9)6-10(12)11(7-19-15)13-4-5-20-23-13/h4-9H,2-3H2,1H3,(H,17,19)(H,18,21,22). The molecule has 6 nitrogen and oxygen atoms in total. The molecule has 1 aliphatic rings. The van der Waals surface area contributed by atoms with Gasteiger partial charge in [0.15, 0.2) is 0 Å². The number of anilines is 2. The minimum absolute atomic E-state index is 0.0547. The van der Waals surface area contributed by atoms with Crippen LogP contribution in [-0.2, 0) is 4.79 Å². The summed E-state index contributed by atoms with van der Waals surface area (Å²) in [6.45, 7) is 0. The quantitative estimate of drug-likeness (QED) is 0.770. The molecule has 0 radical (unpaired) electrons. The lowest BCUT2D eigenvalue weighted by Crippen LogP contribution is -2.14. The maximum Gasteiger partial charge on any atom is 0.228 e. The van der Waals surface area contributed by atoms with E-state index in [4.69, 9.17) is 0 Å². The molecule has 0 saturated heterocycles. The zero-order valence-electron chi connectivity index (χ0n) is 12.5. The molecule has 1 saturated carbocycles. The maximum absolute atomic E-state index is 12.0. The zero-order chi connectivity index (χ0) is 15.8. The number of carbonyl (C=O) groups is 1. The average Bonchev–Trinajstić information content (AvgIpc) is 3.29. The third kappa shape index (κ3) is 2.63. The van der Waals surface area contributed by atoms with E-state index in [9.17, 15) is 4.79 Å². The van der Waals surface area contributed by atoms with Crippen molar-refractivity contribution in [2.45, 2.75) is 12.8 Å². The predicted molar refractivity (Wildman–Crippen MR) is 91.5 cm³/mol. The van der Waals surface area contributed by atoms with Crippen LogP contribution in [0.3, 0.4) is 0 Å². The Morgan fingerprint density at radius 1 is 1.26 bits per heavy atom. The molecular formula is C16H15N5OS. The monoisotopic (exact) mass is 325 g/mol. The van der Waals surface area contributed by atoms with Gasteiger partial charge in [-0.25, -0.2) is 14.3 Å². The van der Waals surface area contributed by atoms with E-state index in [1.807, 2.05) is 25.4 Å². The highest BCUT2D eigenvalue weighted by atomic mass is 32.1. The third-order valence-electron chi connectivity index (χ3n) is 3.91. The van der Waals surface area contributed by atoms with Crippen LogP contribution >= 0.6 is 11.5 Å². The average molecular weight is 325 g/mol. The Bertz CT molecular complexity index is 874. The van der Waals surface area contributed by atoms with Crippen LogP contribution in [0.15, 0.2) is 30.7 Å². The van der Waals surface area contributed by atoms with Crippen molar-refractivity contribution in [3.05, 3.63) is 30.7 Å². The molecule has 0 bridgehead atoms. The molecule has 23 heavy (non-hydrogen) atoms. The van der Waals surface area contributed by atoms with Crippen LogP contribution in [0.25, 0.3) is 21.2 Å². The molecular weight excluding hydrogens is 310 g/mol. The number of nitrogens with one attached hydrogen (secondary N) is 2. The van der Waals surface area contributed by atoms with Gasteiger partial charge in [0.1, 0.15) is 11.6 Å². The van der Waals surface area contributed by atoms with Gasteiger partial charge >= 0.3 is 0 Å². The van der Waals surface area contributed by atoms with Gasteiger partial charge in [-0.2, -0.15) is 0 Å². The first-order valence-electron chi connectivity index (χ1n) is 7.44. The summed E-state index contributed by atoms with van der Waals surface area (Å²) in [7, 11) is 1.83. The van der Waals surface area contributed by atoms with Crippen LogP contribution in [0.4, 0.5) is 11.6 Å². The molecule has 0 spiro atoms. The first-order valence-corrected chi connectivity index (χ1v) is 8.22. The SMILES string of the molecule is CNc1ncc(-c2ccns2)c2cc(NC(=O)C3CC3)ncc12. The molecule has 1 fully saturated rings. The molecule has 1 aliphatic carbocycles. The van der Waals surface area contributed by atoms with Gasteiger partial charge < -0.3 is 10.6 Å². The number of hydrogen-bond donors (Lipinski definition) is 2. The van der Waals surface area contributed by atoms with Gasteiger partial charge in [0.25, 0.3) is 0 Å². The number of hydrogen-bond acceptors (Lipinski definition) is 6. The lowest BCUT2D eigenvalue weighted by Gasteiger charge is -2.11. The van der Waals surface area contributed by atoms with Crippen molar-refractivity contribution in [1.82, 2.24) is 14.3 Å². The Labute approximate surface area is 137 Å². The van der Waals surface area contributed by atoms with E-state index in [0.717, 1.165) is 39.9 Å². The van der Waals surface area contributed by atoms with E-state index < -0.39 is 0 Å². The van der Waals surface area contributed by atoms with Crippen molar-refractivity contribution in [2.75, 3.05) is 17.7 Å². The first kappa shape index (κ1) is 14.1. The second kappa shape index (κ2) is 5.58. The highest BCUT2D eigenvalue weighted by Gasteiger charge is 2.29. The molecule has 3 aromatic heterocycles. The molecule has 116 valence electrons. The summed E-state index contributed by atoms with van der Waals surface area (Å²) in [5.74, 6) is 1.55. The van der Waals surface area contributed by atoms with E-state index in [1.54, 1.807) is 12.4 Å². The van der Waals surface area contributed by atoms with E-state index >= 15 is 0 Å². The Morgan fingerprint density at radius 3 is 2.83 bits per heavy atom. The van der Waals surface area contributed by atoms with Crippen LogP contribution in [0, 0.1) is 5.92 Å². The minimum Gasteiger partial charge on any atom is -0.373 e. The predicted octanol–water partition coefficient (Wildman–Crippen LogP) is 3.14. The Balaban J connectivity index is 1.83. The highest BCUT2D eigenvalue weighted by molar-refractivity contribution is 7.09. The van der Waals surface area contributed by atoms with Gasteiger partial charge in [-0.05, 0) is 36.5 Å². The fourth-order valence-electron chi connectivity index (χ4n) is 2.53. The number of rotatable bonds is 4. The number of amides is 1. The van der Waals surface area contributed by atoms with Crippen molar-refractivity contribution in [2.24, 2.45) is 5.92 Å². The highest BCUT2D eigenvalue weighted by Crippen LogP contribution is 2.35. The third-order valence-corrected chi connectivity index (χ3v) is 4.69. The second-order valence-electron chi connectivity index (χ2n) is 5.53. The van der Waals surface area contributed by atoms with Crippen molar-refractivity contribution in [1.29, 1.82) is 0 Å². The molecule has 7 heteroatoms. The number of nitrogens with zero attached hydrogens (tertiary/aromatic N) is 3. The molecule has 0 aliphatic heterocycles. The van der Waals surface area contributed by atoms with E-state index in [0.29, 0.717) is 5.82 Å². The Hall–Kier alpha value is -2.54. The van der Waals surface area contributed by atoms with Crippen molar-refractivity contribution >= 4 is 39.8 Å². The molecule has 0 aromatic carbocycles. The molecule has 4 rings (SSSR count). The van der Waals surface area contributed by atoms with Gasteiger partial charge in [0.05, 0.1) is 4.88 Å². The summed E-state index contributed by atoms with van der Waals surface area (Å²) in [6, 6.07) is 3.87. The van der Waals surface area contributed by atoms with Gasteiger partial charge in [0.2, 0.25) is 5.91 Å². The van der Waals surface area contributed by atoms with E-state index in [2.05, 4.69) is 25.0 Å². The van der Waals surface area contributed by atoms with Crippen LogP contribution < -0.4 is 10.6 Å². The van der Waals surface area contributed by atoms with Crippen LogP contribution in [0.5, 0.6) is 0 Å². The van der Waals surface area contributed by atoms with Gasteiger partial charge in [0, 0.05) is 47.9 Å². The van der Waals surface area contributed by atoms with Crippen molar-refractivity contribution in [3.63, 3.8) is 0 Å². The van der Waals surface area contributed by atoms with E-state index in [-0.39, 0.29) is 11.8 Å². The summed E-state index contributed by atoms with van der Waals surface area (Å²) < 4.78 is 4.16. The smallest absolute Gasteiger partial charge is 0.228 e. The maximum atomic E-state index is 12.0. The van der Waals surface area contributed by atoms with Gasteiger partial charge in [-0.1, -0.05) is 0 Å². The summed E-state index contributed by atoms with van der Waals surface area (Å²) in [4.78, 5) is 21.8. The minimum atomic E-state index is 0.0547. The topological polar surface area (TPSA) is 79.8 Å². The molecule has 2 N–H and O–H groups in total. The molecule has 3 heterocycles. The summed E-state index contributed by atoms with van der Waals surface area (Å²) in [6.07, 6.45) is 7.29. The molecule has 0 unspecified atom stereocenters. The molecule has 1 amide bonds. The van der Waals surface area contributed by atoms with Crippen molar-refractivity contribution < 1.29 is 4.79 Å². The van der Waals surface area contributed by atoms with Crippen LogP contribution in [-0.4, -0.2) is 27.3 Å². The van der Waals surface area contributed by atoms with Crippen LogP contribution in [0.1, 0.15) is 12.8 Å². The summed E-state index contributed by atoms with van der Waals surface area (Å²) >= 11 is 1.42. The lowest BCUT2D eigenvalue weighted by molar-refractivity contribution is -0.117. The Morgan fingerprint density at radius 2 is 2.13 bits per heavy atom. The summed E-state index contributed by atoms with van der Waals surface area (Å²) in [5.41, 5.74) is 0.992. The lowest BCUT2D eigenvalue weighted by atomic mass is 10.1. The number of pyridine rings is 2. The van der Waals surface area contributed by atoms with Gasteiger partial charge in [-0.3, -0.25) is 4.79 Å². The fraction of sp³-hybridized carbons (Fsp3) is 0.250. The molecule has 3 aromatic rings. The zero-order valence-corrected chi connectivity index (χ0v) is 13.4. The second-order valence-corrected chi connectivity index (χ2v) is 6.36. The summed E-state index contributed by atoms with van der Waals surface area (Å²) in [5, 5.41) is 7.90. The number of aromatic nitrogens is 3. The van der Waals surface area contributed by atoms with Gasteiger partial charge in [-0.15, -0.1) is 0 Å². The largest absolute Gasteiger partial charge is 0.373 e. The van der Waals surface area contributed by atoms with E-state index in [1.165, 1.54) is 11.5 Å². The normalized spacial score (nSPS) is 14.0. The first-order chi connectivity index (χ1) is 11.3. The van der Waals surface area contributed by atoms with Crippen LogP contribution in [0.2, 0.25) is 0 Å². The van der Waals surface area contributed by atoms with Crippen molar-refractivity contribution in [3.8, 4) is 10.4 Å². The molecule has 0 atom stereocenters. The Kier molecular flexibility index (Phi) is 3.42. The number of fused-ring (bicyclic) bond motifs is 1.